The summed E-state index contributed by atoms with van der Waals surface area (Å²) < 4.78 is 0. The number of carbonyl (C=O) groups excluding carboxylic acids is 1. The predicted molar refractivity (Wildman–Crippen MR) is 94.0 cm³/mol. The first-order chi connectivity index (χ1) is 11.2. The molecule has 23 heavy (non-hydrogen) atoms. The minimum Gasteiger partial charge on any atom is -0.348 e. The summed E-state index contributed by atoms with van der Waals surface area (Å²) in [4.78, 5) is 17.1. The van der Waals surface area contributed by atoms with E-state index in [2.05, 4.69) is 17.2 Å². The van der Waals surface area contributed by atoms with Gasteiger partial charge in [0.25, 0.3) is 0 Å². The van der Waals surface area contributed by atoms with E-state index in [1.54, 1.807) is 6.21 Å². The van der Waals surface area contributed by atoms with Crippen molar-refractivity contribution in [1.82, 2.24) is 5.32 Å². The molecule has 2 atom stereocenters. The molecule has 3 nitrogen and oxygen atoms in total. The van der Waals surface area contributed by atoms with Crippen molar-refractivity contribution in [2.75, 3.05) is 0 Å². The number of hydrogen-bond donors (Lipinski definition) is 1. The number of rotatable bonds is 4. The third-order valence-corrected chi connectivity index (χ3v) is 4.40. The zero-order valence-electron chi connectivity index (χ0n) is 13.0. The van der Waals surface area contributed by atoms with Crippen molar-refractivity contribution in [2.45, 2.75) is 31.8 Å². The lowest BCUT2D eigenvalue weighted by Gasteiger charge is -2.23. The van der Waals surface area contributed by atoms with Crippen molar-refractivity contribution in [3.8, 4) is 0 Å². The van der Waals surface area contributed by atoms with Gasteiger partial charge in [0.05, 0.1) is 18.5 Å². The van der Waals surface area contributed by atoms with E-state index in [4.69, 9.17) is 11.6 Å². The van der Waals surface area contributed by atoms with E-state index >= 15 is 0 Å². The number of nitrogens with zero attached hydrogens (tertiary/aromatic N) is 1. The SMILES string of the molecule is CC[C@H](NC(=O)C1C=NCc2ccccc21)c1cccc(Cl)c1. The first-order valence-electron chi connectivity index (χ1n) is 7.82. The number of benzene rings is 2. The lowest BCUT2D eigenvalue weighted by Crippen LogP contribution is -2.34. The van der Waals surface area contributed by atoms with Crippen LogP contribution in [0.5, 0.6) is 0 Å². The van der Waals surface area contributed by atoms with E-state index in [1.165, 1.54) is 0 Å². The molecule has 0 radical (unpaired) electrons. The Morgan fingerprint density at radius 1 is 1.30 bits per heavy atom. The zero-order chi connectivity index (χ0) is 16.2. The number of amides is 1. The summed E-state index contributed by atoms with van der Waals surface area (Å²) in [6.45, 7) is 2.69. The fourth-order valence-electron chi connectivity index (χ4n) is 2.93. The number of hydrogen-bond acceptors (Lipinski definition) is 2. The lowest BCUT2D eigenvalue weighted by molar-refractivity contribution is -0.121. The lowest BCUT2D eigenvalue weighted by atomic mass is 9.91. The molecule has 1 aliphatic rings. The second-order valence-electron chi connectivity index (χ2n) is 5.69. The van der Waals surface area contributed by atoms with Crippen LogP contribution in [0.15, 0.2) is 53.5 Å². The molecule has 3 rings (SSSR count). The molecule has 118 valence electrons. The highest BCUT2D eigenvalue weighted by Crippen LogP contribution is 2.26. The van der Waals surface area contributed by atoms with Crippen LogP contribution in [0.4, 0.5) is 0 Å². The van der Waals surface area contributed by atoms with Gasteiger partial charge < -0.3 is 5.32 Å². The number of fused-ring (bicyclic) bond motifs is 1. The molecule has 0 aromatic heterocycles. The molecular formula is C19H19ClN2O. The van der Waals surface area contributed by atoms with Crippen LogP contribution in [0.2, 0.25) is 5.02 Å². The molecule has 1 heterocycles. The molecule has 0 saturated carbocycles. The Hall–Kier alpha value is -2.13. The van der Waals surface area contributed by atoms with E-state index in [-0.39, 0.29) is 17.9 Å². The molecule has 4 heteroatoms. The van der Waals surface area contributed by atoms with Crippen LogP contribution in [0, 0.1) is 0 Å². The molecule has 0 bridgehead atoms. The zero-order valence-corrected chi connectivity index (χ0v) is 13.8. The highest BCUT2D eigenvalue weighted by atomic mass is 35.5. The summed E-state index contributed by atoms with van der Waals surface area (Å²) in [7, 11) is 0. The summed E-state index contributed by atoms with van der Waals surface area (Å²) in [5.41, 5.74) is 3.18. The van der Waals surface area contributed by atoms with Crippen molar-refractivity contribution in [3.63, 3.8) is 0 Å². The predicted octanol–water partition coefficient (Wildman–Crippen LogP) is 4.28. The Morgan fingerprint density at radius 3 is 2.91 bits per heavy atom. The van der Waals surface area contributed by atoms with Gasteiger partial charge in [-0.3, -0.25) is 9.79 Å². The van der Waals surface area contributed by atoms with Crippen molar-refractivity contribution in [2.24, 2.45) is 4.99 Å². The summed E-state index contributed by atoms with van der Waals surface area (Å²) in [6.07, 6.45) is 2.56. The van der Waals surface area contributed by atoms with Crippen molar-refractivity contribution in [1.29, 1.82) is 0 Å². The Morgan fingerprint density at radius 2 is 2.13 bits per heavy atom. The number of aliphatic imine (C=N–C) groups is 1. The fraction of sp³-hybridized carbons (Fsp3) is 0.263. The van der Waals surface area contributed by atoms with E-state index in [0.717, 1.165) is 23.1 Å². The van der Waals surface area contributed by atoms with Crippen LogP contribution in [-0.2, 0) is 11.3 Å². The van der Waals surface area contributed by atoms with Gasteiger partial charge in [0.1, 0.15) is 0 Å². The quantitative estimate of drug-likeness (QED) is 0.895. The fourth-order valence-corrected chi connectivity index (χ4v) is 3.13. The van der Waals surface area contributed by atoms with Crippen LogP contribution in [0.25, 0.3) is 0 Å². The molecule has 2 aromatic carbocycles. The van der Waals surface area contributed by atoms with Gasteiger partial charge in [0.2, 0.25) is 5.91 Å². The molecule has 0 spiro atoms. The van der Waals surface area contributed by atoms with Gasteiger partial charge in [-0.15, -0.1) is 0 Å². The third-order valence-electron chi connectivity index (χ3n) is 4.16. The molecule has 2 aromatic rings. The van der Waals surface area contributed by atoms with Gasteiger partial charge in [-0.2, -0.15) is 0 Å². The van der Waals surface area contributed by atoms with Gasteiger partial charge >= 0.3 is 0 Å². The van der Waals surface area contributed by atoms with Gasteiger partial charge in [-0.05, 0) is 35.2 Å². The van der Waals surface area contributed by atoms with Crippen molar-refractivity contribution in [3.05, 3.63) is 70.2 Å². The van der Waals surface area contributed by atoms with E-state index < -0.39 is 0 Å². The maximum absolute atomic E-state index is 12.8. The van der Waals surface area contributed by atoms with E-state index in [1.807, 2.05) is 48.5 Å². The topological polar surface area (TPSA) is 41.5 Å². The molecule has 0 aliphatic carbocycles. The highest BCUT2D eigenvalue weighted by Gasteiger charge is 2.25. The smallest absolute Gasteiger partial charge is 0.233 e. The van der Waals surface area contributed by atoms with Gasteiger partial charge in [0.15, 0.2) is 0 Å². The first kappa shape index (κ1) is 15.8. The molecular weight excluding hydrogens is 308 g/mol. The average Bonchev–Trinajstić information content (AvgIpc) is 2.59. The maximum Gasteiger partial charge on any atom is 0.233 e. The normalized spacial score (nSPS) is 17.4. The van der Waals surface area contributed by atoms with Gasteiger partial charge in [-0.1, -0.05) is 54.9 Å². The van der Waals surface area contributed by atoms with Crippen LogP contribution in [-0.4, -0.2) is 12.1 Å². The third kappa shape index (κ3) is 3.45. The maximum atomic E-state index is 12.8. The van der Waals surface area contributed by atoms with Gasteiger partial charge in [-0.25, -0.2) is 0 Å². The summed E-state index contributed by atoms with van der Waals surface area (Å²) in [6, 6.07) is 15.6. The second-order valence-corrected chi connectivity index (χ2v) is 6.13. The highest BCUT2D eigenvalue weighted by molar-refractivity contribution is 6.30. The molecule has 1 aliphatic heterocycles. The average molecular weight is 327 g/mol. The summed E-state index contributed by atoms with van der Waals surface area (Å²) in [5, 5.41) is 3.81. The van der Waals surface area contributed by atoms with E-state index in [9.17, 15) is 4.79 Å². The minimum atomic E-state index is -0.326. The standard InChI is InChI=1S/C19H19ClN2O/c1-2-18(13-7-5-8-15(20)10-13)22-19(23)17-12-21-11-14-6-3-4-9-16(14)17/h3-10,12,17-18H,2,11H2,1H3,(H,22,23)/t17?,18-/m0/s1. The number of halogens is 1. The molecule has 1 unspecified atom stereocenters. The van der Waals surface area contributed by atoms with Crippen LogP contribution in [0.3, 0.4) is 0 Å². The molecule has 0 saturated heterocycles. The number of nitrogens with one attached hydrogen (secondary N) is 1. The minimum absolute atomic E-state index is 0.0206. The van der Waals surface area contributed by atoms with Crippen LogP contribution in [0.1, 0.15) is 42.0 Å². The monoisotopic (exact) mass is 326 g/mol. The van der Waals surface area contributed by atoms with E-state index in [0.29, 0.717) is 11.6 Å². The van der Waals surface area contributed by atoms with Crippen LogP contribution < -0.4 is 5.32 Å². The second kappa shape index (κ2) is 6.97. The number of carbonyl (C=O) groups is 1. The van der Waals surface area contributed by atoms with Crippen molar-refractivity contribution < 1.29 is 4.79 Å². The molecule has 1 amide bonds. The Labute approximate surface area is 141 Å². The molecule has 0 fully saturated rings. The largest absolute Gasteiger partial charge is 0.348 e. The van der Waals surface area contributed by atoms with Crippen molar-refractivity contribution >= 4 is 23.7 Å². The molecule has 1 N–H and O–H groups in total. The summed E-state index contributed by atoms with van der Waals surface area (Å²) in [5.74, 6) is -0.346. The van der Waals surface area contributed by atoms with Gasteiger partial charge in [0, 0.05) is 11.2 Å². The summed E-state index contributed by atoms with van der Waals surface area (Å²) >= 11 is 6.06. The van der Waals surface area contributed by atoms with Crippen LogP contribution >= 0.6 is 11.6 Å². The Balaban J connectivity index is 1.80. The Bertz CT molecular complexity index is 742. The first-order valence-corrected chi connectivity index (χ1v) is 8.20. The Kier molecular flexibility index (Phi) is 4.77.